The number of amides is 5. The summed E-state index contributed by atoms with van der Waals surface area (Å²) in [6, 6.07) is 62.6. The standard InChI is InChI=1S/C24H23NO4.C21H25NO4.C20H21NO4.C16H27NO5.C15H25NO6/c26-23(28-17-20-12-6-2-7-13-20)22(16-19-10-4-1-5-11-19)25-24(27)29-18-21-14-8-3-9-15-21;1-16(2)13-19(20(23)25-14-17-9-5-3-6-10-17)22-21(24)26-15-18-11-7-4-8-12-18;22-19(24-14-16-8-3-1-4-9-16)18-12-7-13-21(18)20(23)25-15-17-10-5-2-6-11-17;1-15(2,3)22-14(19)17-11-7-8-12(17)13(18)21-16(20-4)9-5-6-10-16;1-5-15(19-9-10-20-15)21-12(17)11-7-6-8-16(11)13(18)22-14(2,3)4/h1-15,22H,16-18H2,(H,25,27);3-12,16,19H,13-15H2,1-2H3,(H,22,24);1-6,8-11,18H,7,12-15H2;12H,5-11H2,1-4H3;11H,5-10H2,1-4H3. The number of hydrogen-bond donors (Lipinski definition) is 2. The highest BCUT2D eigenvalue weighted by molar-refractivity contribution is 5.85. The van der Waals surface area contributed by atoms with E-state index in [1.165, 1.54) is 14.7 Å². The van der Waals surface area contributed by atoms with Gasteiger partial charge in [0.25, 0.3) is 0 Å². The lowest BCUT2D eigenvalue weighted by Crippen LogP contribution is -2.47. The molecule has 4 heterocycles. The Labute approximate surface area is 727 Å². The third kappa shape index (κ3) is 34.1. The molecule has 4 saturated heterocycles. The van der Waals surface area contributed by atoms with Gasteiger partial charge in [0.15, 0.2) is 0 Å². The van der Waals surface area contributed by atoms with Crippen molar-refractivity contribution in [2.75, 3.05) is 40.0 Å². The number of likely N-dealkylation sites (tertiary alicyclic amines) is 3. The van der Waals surface area contributed by atoms with Gasteiger partial charge in [-0.05, 0) is 144 Å². The Kier molecular flexibility index (Phi) is 39.4. The summed E-state index contributed by atoms with van der Waals surface area (Å²) >= 11 is 0. The predicted molar refractivity (Wildman–Crippen MR) is 459 cm³/mol. The normalized spacial score (nSPS) is 17.1. The van der Waals surface area contributed by atoms with Crippen LogP contribution in [-0.2, 0) is 132 Å². The van der Waals surface area contributed by atoms with Crippen molar-refractivity contribution in [1.29, 1.82) is 0 Å². The number of alkyl carbamates (subject to hydrolysis) is 2. The Balaban J connectivity index is 0.000000193. The fourth-order valence-corrected chi connectivity index (χ4v) is 13.7. The SMILES string of the molecule is CC(C)CC(NC(=O)OCc1ccccc1)C(=O)OCc1ccccc1.CCC1(OC(=O)C2CCCN2C(=O)OC(C)(C)C)OCCO1.COC1(OC(=O)C2CCCN2C(=O)OC(C)(C)C)CCCC1.O=C(NC(Cc1ccccc1)C(=O)OCc1ccccc1)OCc1ccccc1.O=C(OCc1ccccc1)C1CCCN1C(=O)OCc1ccccc1. The lowest BCUT2D eigenvalue weighted by atomic mass is 10.0. The predicted octanol–water partition coefficient (Wildman–Crippen LogP) is 16.8. The van der Waals surface area contributed by atoms with Crippen LogP contribution in [0.3, 0.4) is 0 Å². The zero-order chi connectivity index (χ0) is 89.3. The van der Waals surface area contributed by atoms with E-state index in [2.05, 4.69) is 10.6 Å². The molecule has 28 nitrogen and oxygen atoms in total. The fourth-order valence-electron chi connectivity index (χ4n) is 13.7. The number of nitrogens with zero attached hydrogens (tertiary/aromatic N) is 3. The first kappa shape index (κ1) is 97.6. The van der Waals surface area contributed by atoms with Crippen molar-refractivity contribution in [3.05, 3.63) is 251 Å². The second-order valence-electron chi connectivity index (χ2n) is 32.6. The van der Waals surface area contributed by atoms with Crippen LogP contribution in [0.4, 0.5) is 24.0 Å². The zero-order valence-corrected chi connectivity index (χ0v) is 72.9. The van der Waals surface area contributed by atoms with Gasteiger partial charge in [-0.1, -0.05) is 233 Å². The van der Waals surface area contributed by atoms with E-state index in [4.69, 9.17) is 61.6 Å². The average Bonchev–Trinajstić information content (AvgIpc) is 1.68. The number of hydrogen-bond acceptors (Lipinski definition) is 23. The van der Waals surface area contributed by atoms with Crippen LogP contribution in [0.1, 0.15) is 178 Å². The van der Waals surface area contributed by atoms with E-state index in [0.29, 0.717) is 84.2 Å². The van der Waals surface area contributed by atoms with E-state index in [-0.39, 0.29) is 57.5 Å². The maximum Gasteiger partial charge on any atom is 0.411 e. The molecule has 0 radical (unpaired) electrons. The van der Waals surface area contributed by atoms with Crippen LogP contribution >= 0.6 is 0 Å². The number of ether oxygens (including phenoxy) is 13. The number of esters is 5. The molecule has 2 N–H and O–H groups in total. The van der Waals surface area contributed by atoms with Crippen LogP contribution in [0.5, 0.6) is 0 Å². The summed E-state index contributed by atoms with van der Waals surface area (Å²) in [6.45, 7) is 19.9. The summed E-state index contributed by atoms with van der Waals surface area (Å²) in [7, 11) is 1.57. The molecule has 668 valence electrons. The minimum atomic E-state index is -1.31. The lowest BCUT2D eigenvalue weighted by Gasteiger charge is -2.31. The molecular weight excluding hydrogens is 1590 g/mol. The third-order valence-electron chi connectivity index (χ3n) is 20.0. The van der Waals surface area contributed by atoms with Crippen molar-refractivity contribution in [2.24, 2.45) is 5.92 Å². The molecule has 5 atom stereocenters. The van der Waals surface area contributed by atoms with E-state index in [1.807, 2.05) is 254 Å². The van der Waals surface area contributed by atoms with Gasteiger partial charge in [-0.3, -0.25) is 14.7 Å². The van der Waals surface area contributed by atoms with Gasteiger partial charge in [0.2, 0.25) is 5.79 Å². The topological polar surface area (TPSA) is 324 Å². The Morgan fingerprint density at radius 2 is 0.710 bits per heavy atom. The van der Waals surface area contributed by atoms with E-state index in [0.717, 1.165) is 71.0 Å². The Morgan fingerprint density at radius 1 is 0.395 bits per heavy atom. The number of rotatable bonds is 27. The molecule has 7 aromatic rings. The van der Waals surface area contributed by atoms with Crippen molar-refractivity contribution < 1.29 is 110 Å². The first-order valence-corrected chi connectivity index (χ1v) is 42.4. The minimum absolute atomic E-state index is 0.129. The fraction of sp³-hybridized carbons (Fsp3) is 0.458. The molecule has 5 amide bonds. The van der Waals surface area contributed by atoms with Gasteiger partial charge < -0.3 is 72.2 Å². The molecule has 0 spiro atoms. The van der Waals surface area contributed by atoms with Crippen molar-refractivity contribution in [2.45, 2.75) is 239 Å². The highest BCUT2D eigenvalue weighted by Gasteiger charge is 2.47. The van der Waals surface area contributed by atoms with E-state index in [1.54, 1.807) is 27.9 Å². The molecule has 0 bridgehead atoms. The summed E-state index contributed by atoms with van der Waals surface area (Å²) in [6.07, 6.45) is 5.95. The molecule has 5 aliphatic rings. The van der Waals surface area contributed by atoms with Gasteiger partial charge in [0.05, 0.1) is 13.2 Å². The molecule has 28 heteroatoms. The zero-order valence-electron chi connectivity index (χ0n) is 72.9. The maximum absolute atomic E-state index is 12.6. The van der Waals surface area contributed by atoms with Crippen molar-refractivity contribution in [3.63, 3.8) is 0 Å². The Morgan fingerprint density at radius 3 is 1.06 bits per heavy atom. The van der Waals surface area contributed by atoms with E-state index in [9.17, 15) is 47.9 Å². The molecule has 7 aromatic carbocycles. The highest BCUT2D eigenvalue weighted by Crippen LogP contribution is 2.36. The van der Waals surface area contributed by atoms with E-state index >= 15 is 0 Å². The van der Waals surface area contributed by atoms with Gasteiger partial charge in [-0.25, -0.2) is 47.9 Å². The van der Waals surface area contributed by atoms with Crippen LogP contribution in [0.15, 0.2) is 212 Å². The summed E-state index contributed by atoms with van der Waals surface area (Å²) < 4.78 is 69.9. The van der Waals surface area contributed by atoms with Gasteiger partial charge in [-0.15, -0.1) is 0 Å². The third-order valence-corrected chi connectivity index (χ3v) is 20.0. The number of carbonyl (C=O) groups is 10. The highest BCUT2D eigenvalue weighted by atomic mass is 16.9. The van der Waals surface area contributed by atoms with Gasteiger partial charge in [-0.2, -0.15) is 0 Å². The monoisotopic (exact) mass is 1710 g/mol. The molecule has 12 rings (SSSR count). The smallest absolute Gasteiger partial charge is 0.411 e. The first-order chi connectivity index (χ1) is 59.5. The van der Waals surface area contributed by atoms with Crippen LogP contribution in [0.2, 0.25) is 0 Å². The number of nitrogens with one attached hydrogen (secondary N) is 2. The second kappa shape index (κ2) is 50.0. The quantitative estimate of drug-likeness (QED) is 0.0274. The second-order valence-corrected chi connectivity index (χ2v) is 32.6. The van der Waals surface area contributed by atoms with Crippen LogP contribution < -0.4 is 10.6 Å². The van der Waals surface area contributed by atoms with Gasteiger partial charge in [0, 0.05) is 52.4 Å². The number of carbonyl (C=O) groups excluding carboxylic acids is 10. The van der Waals surface area contributed by atoms with Crippen LogP contribution in [0.25, 0.3) is 0 Å². The molecule has 4 aliphatic heterocycles. The molecule has 0 aromatic heterocycles. The van der Waals surface area contributed by atoms with Crippen molar-refractivity contribution in [3.8, 4) is 0 Å². The van der Waals surface area contributed by atoms with Crippen LogP contribution in [-0.4, -0.2) is 168 Å². The lowest BCUT2D eigenvalue weighted by molar-refractivity contribution is -0.315. The summed E-state index contributed by atoms with van der Waals surface area (Å²) in [4.78, 5) is 128. The van der Waals surface area contributed by atoms with E-state index < -0.39 is 102 Å². The van der Waals surface area contributed by atoms with Gasteiger partial charge in [0.1, 0.15) is 81.1 Å². The molecule has 1 saturated carbocycles. The van der Waals surface area contributed by atoms with Crippen molar-refractivity contribution in [1.82, 2.24) is 25.3 Å². The van der Waals surface area contributed by atoms with Crippen LogP contribution in [0, 0.1) is 5.92 Å². The number of methoxy groups -OCH3 is 1. The summed E-state index contributed by atoms with van der Waals surface area (Å²) in [5, 5.41) is 5.26. The summed E-state index contributed by atoms with van der Waals surface area (Å²) in [5.41, 5.74) is 5.11. The minimum Gasteiger partial charge on any atom is -0.459 e. The number of benzene rings is 7. The molecule has 5 unspecified atom stereocenters. The molecule has 1 aliphatic carbocycles. The molecule has 5 fully saturated rings. The van der Waals surface area contributed by atoms with Gasteiger partial charge >= 0.3 is 66.3 Å². The largest absolute Gasteiger partial charge is 0.459 e. The molecular formula is C96H121N5O23. The average molecular weight is 1710 g/mol. The Bertz CT molecular complexity index is 4270. The van der Waals surface area contributed by atoms with Crippen molar-refractivity contribution >= 4 is 60.3 Å². The maximum atomic E-state index is 12.6. The summed E-state index contributed by atoms with van der Waals surface area (Å²) in [5.74, 6) is -4.12. The Hall–Kier alpha value is -11.9. The molecule has 124 heavy (non-hydrogen) atoms. The first-order valence-electron chi connectivity index (χ1n) is 42.4.